The molecule has 13 N–H and O–H groups in total. The quantitative estimate of drug-likeness (QED) is 0.0172. The lowest BCUT2D eigenvalue weighted by molar-refractivity contribution is -0.145. The fourth-order valence-electron chi connectivity index (χ4n) is 21.3. The number of primary amides is 1. The van der Waals surface area contributed by atoms with E-state index in [0.717, 1.165) is 22.6 Å². The summed E-state index contributed by atoms with van der Waals surface area (Å²) in [5.41, 5.74) is 2.02. The Bertz CT molecular complexity index is 5320. The molecule has 0 aromatic heterocycles. The molecule has 146 heavy (non-hydrogen) atoms. The molecule has 18 atom stereocenters. The van der Waals surface area contributed by atoms with Crippen LogP contribution in [0, 0.1) is 84.2 Å². The highest BCUT2D eigenvalue weighted by Gasteiger charge is 2.73. The van der Waals surface area contributed by atoms with Gasteiger partial charge >= 0.3 is 18.1 Å². The number of likely N-dealkylation sites (tertiary alicyclic amines) is 4. The molecule has 7 fully saturated rings. The van der Waals surface area contributed by atoms with Crippen LogP contribution in [0.3, 0.4) is 0 Å². The van der Waals surface area contributed by atoms with Crippen LogP contribution in [0.25, 0.3) is 0 Å². The molecular weight excluding hydrogens is 1870 g/mol. The van der Waals surface area contributed by atoms with E-state index >= 15 is 0 Å². The van der Waals surface area contributed by atoms with Crippen LogP contribution < -0.4 is 64.2 Å². The Balaban J connectivity index is 0.000000244. The lowest BCUT2D eigenvalue weighted by atomic mass is 9.84. The minimum Gasteiger partial charge on any atom is -0.363 e. The number of fused-ring (bicyclic) bond motifs is 5. The van der Waals surface area contributed by atoms with Crippen LogP contribution in [0.15, 0.2) is 73.8 Å². The van der Waals surface area contributed by atoms with E-state index in [1.807, 2.05) is 152 Å². The van der Waals surface area contributed by atoms with Gasteiger partial charge in [-0.15, -0.1) is 13.2 Å². The molecule has 2 aromatic rings. The Morgan fingerprint density at radius 2 is 0.671 bits per heavy atom. The molecule has 6 aliphatic heterocycles. The van der Waals surface area contributed by atoms with Crippen molar-refractivity contribution in [1.29, 1.82) is 0 Å². The predicted molar refractivity (Wildman–Crippen MR) is 548 cm³/mol. The van der Waals surface area contributed by atoms with Gasteiger partial charge in [0.1, 0.15) is 36.3 Å². The summed E-state index contributed by atoms with van der Waals surface area (Å²) in [7, 11) is 0. The van der Waals surface area contributed by atoms with Crippen molar-refractivity contribution in [3.63, 3.8) is 0 Å². The molecule has 804 valence electrons. The van der Waals surface area contributed by atoms with E-state index in [0.29, 0.717) is 80.5 Å². The average Bonchev–Trinajstić information content (AvgIpc) is 1.53. The van der Waals surface area contributed by atoms with E-state index in [4.69, 9.17) is 5.73 Å². The van der Waals surface area contributed by atoms with Gasteiger partial charge in [0.05, 0.1) is 71.6 Å². The van der Waals surface area contributed by atoms with Gasteiger partial charge in [-0.1, -0.05) is 249 Å². The molecule has 2 aromatic carbocycles. The van der Waals surface area contributed by atoms with E-state index in [2.05, 4.69) is 85.5 Å². The van der Waals surface area contributed by atoms with Crippen LogP contribution in [0.1, 0.15) is 286 Å². The van der Waals surface area contributed by atoms with E-state index in [1.165, 1.54) is 22.0 Å². The maximum atomic E-state index is 14.4. The van der Waals surface area contributed by atoms with Crippen LogP contribution in [0.5, 0.6) is 0 Å². The number of hydrogen-bond donors (Lipinski definition) is 12. The predicted octanol–water partition coefficient (Wildman–Crippen LogP) is 8.05. The second-order valence-corrected chi connectivity index (χ2v) is 49.0. The van der Waals surface area contributed by atoms with Crippen LogP contribution in [-0.2, 0) is 62.3 Å². The lowest BCUT2D eigenvalue weighted by Gasteiger charge is -2.39. The zero-order chi connectivity index (χ0) is 110. The van der Waals surface area contributed by atoms with Crippen molar-refractivity contribution in [2.24, 2.45) is 90.0 Å². The number of benzene rings is 2. The van der Waals surface area contributed by atoms with Crippen molar-refractivity contribution in [3.05, 3.63) is 96.1 Å². The number of nitrogens with one attached hydrogen (secondary N) is 11. The average molecular weight is 2030 g/mol. The largest absolute Gasteiger partial charge is 0.363 e. The number of nitrogens with two attached hydrogens (primary N) is 1. The first-order valence-corrected chi connectivity index (χ1v) is 51.5. The first-order valence-electron chi connectivity index (χ1n) is 51.5. The van der Waals surface area contributed by atoms with Crippen LogP contribution in [0.2, 0.25) is 0 Å². The minimum atomic E-state index is -1.14. The van der Waals surface area contributed by atoms with Gasteiger partial charge < -0.3 is 83.8 Å². The summed E-state index contributed by atoms with van der Waals surface area (Å²) in [5, 5.41) is 30.7. The number of rotatable bonds is 38. The van der Waals surface area contributed by atoms with Gasteiger partial charge in [0, 0.05) is 52.2 Å². The number of carbonyl (C=O) groups excluding carboxylic acids is 20. The number of hydrogen-bond acceptors (Lipinski definition) is 20. The Hall–Kier alpha value is -12.3. The zero-order valence-corrected chi connectivity index (χ0v) is 90.7. The number of carbonyl (C=O) groups is 20. The molecule has 6 heterocycles. The highest BCUT2D eigenvalue weighted by atomic mass is 16.2. The van der Waals surface area contributed by atoms with Crippen molar-refractivity contribution in [1.82, 2.24) is 87.9 Å². The zero-order valence-electron chi connectivity index (χ0n) is 90.7. The summed E-state index contributed by atoms with van der Waals surface area (Å²) < 4.78 is 0. The number of urea groups is 3. The Labute approximate surface area is 859 Å². The summed E-state index contributed by atoms with van der Waals surface area (Å²) in [4.78, 5) is 274. The first kappa shape index (κ1) is 117. The standard InChI is InChI=1S/C38H54N6O7.C35H50N6O7.C35H58N6O6/c1-11-15-24(28(45)31(47)39-18-12-2)40-30(46)27-26-23(38(26,9)10)19-43(27)34(50)29(37(6,7)8)42-35(51)41-25(36(3,4)5)20-44-32(48)21-16-13-14-17-22(21)33(44)49;1-10-13-21(25(42)27(36)43)37-28(44)24-23-20(35(23,8)9)16-40(24)31(47)26(34(5,6)7)39-32(48)38-22(33(2,3)4)17-41-29(45)18-14-11-12-15-19(18)30(41)46;1-11-13-15-22(27(43)30(45)36-17-12-2)37-29(44)26-25-21(35(25,9)10)19-41(26)31(46)28(34(6,7)8)39-32(47)38-23(33(3,4)5)20-40-18-14-16-24(40)42/h12-14,16-17,23-27,29H,2,11,15,18-20H2,1,3-10H3,(H,39,47)(H,40,46)(H2,41,42,51);11-12,14-15,20-24,26H,10,13,16-17H2,1-9H3,(H2,36,43)(H,37,44)(H2,38,39,48);12,21-23,25-26,28H,2,11,13-20H2,1,3-10H3,(H,36,45)(H,37,44)(H2,38,39,47)/t23-,24?,25+,26-,27-,29+;20-,21?,22+,23-,24-,26+;21-,22?,23+,25-,26-,28+/m000/s1. The fraction of sp³-hybridized carbons (Fsp3) is 0.667. The second kappa shape index (κ2) is 45.6. The Morgan fingerprint density at radius 1 is 0.390 bits per heavy atom. The SMILES string of the molecule is C=CCNC(=O)C(=O)C(CCC)NC(=O)[C@@H]1[C@@H]2[C@H](CN1C(=O)[C@@H](NC(=O)N[C@H](CN1C(=O)c3ccccc3C1=O)C(C)(C)C)C(C)(C)C)C2(C)C.C=CCNC(=O)C(=O)C(CCCC)NC(=O)[C@@H]1[C@@H]2[C@H](CN1C(=O)[C@@H](NC(=O)N[C@H](CN1CCCC1=O)C(C)(C)C)C(C)(C)C)C2(C)C.CCCC(NC(=O)[C@@H]1[C@@H]2[C@H](CN1C(=O)[C@@H](NC(=O)N[C@H](CN1C(=O)c3ccccc3C1=O)C(C)(C)C)C(C)(C)C)C2(C)C)C(=O)C(N)=O. The number of nitrogens with zero attached hydrogens (tertiary/aromatic N) is 6. The molecule has 0 radical (unpaired) electrons. The molecule has 0 bridgehead atoms. The van der Waals surface area contributed by atoms with Crippen LogP contribution in [0.4, 0.5) is 14.4 Å². The summed E-state index contributed by atoms with van der Waals surface area (Å²) in [6.07, 6.45) is 7.42. The molecule has 38 heteroatoms. The topological polar surface area (TPSA) is 519 Å². The lowest BCUT2D eigenvalue weighted by Crippen LogP contribution is -2.62. The smallest absolute Gasteiger partial charge is 0.315 e. The molecule has 38 nitrogen and oxygen atoms in total. The first-order chi connectivity index (χ1) is 67.5. The molecule has 9 aliphatic rings. The van der Waals surface area contributed by atoms with E-state index in [1.54, 1.807) is 79.1 Å². The molecule has 3 saturated carbocycles. The van der Waals surface area contributed by atoms with Gasteiger partial charge in [-0.05, 0) is 134 Å². The van der Waals surface area contributed by atoms with Crippen LogP contribution >= 0.6 is 0 Å². The van der Waals surface area contributed by atoms with Crippen molar-refractivity contribution in [3.8, 4) is 0 Å². The molecule has 3 unspecified atom stereocenters. The summed E-state index contributed by atoms with van der Waals surface area (Å²) in [6, 6.07) is 0.627. The maximum Gasteiger partial charge on any atom is 0.315 e. The molecule has 0 spiro atoms. The van der Waals surface area contributed by atoms with Gasteiger partial charge in [-0.3, -0.25) is 91.3 Å². The normalized spacial score (nSPS) is 23.0. The molecule has 11 rings (SSSR count). The van der Waals surface area contributed by atoms with Gasteiger partial charge in [-0.2, -0.15) is 0 Å². The highest BCUT2D eigenvalue weighted by molar-refractivity contribution is 6.39. The van der Waals surface area contributed by atoms with Crippen molar-refractivity contribution in [2.75, 3.05) is 58.9 Å². The van der Waals surface area contributed by atoms with E-state index < -0.39 is 200 Å². The van der Waals surface area contributed by atoms with Gasteiger partial charge in [0.25, 0.3) is 41.4 Å². The maximum absolute atomic E-state index is 14.4. The molecule has 20 amide bonds. The van der Waals surface area contributed by atoms with Crippen molar-refractivity contribution < 1.29 is 95.9 Å². The van der Waals surface area contributed by atoms with Crippen molar-refractivity contribution in [2.45, 2.75) is 317 Å². The van der Waals surface area contributed by atoms with Crippen molar-refractivity contribution >= 4 is 118 Å². The molecule has 3 aliphatic carbocycles. The third-order valence-electron chi connectivity index (χ3n) is 31.0. The third-order valence-corrected chi connectivity index (χ3v) is 31.0. The van der Waals surface area contributed by atoms with Gasteiger partial charge in [0.2, 0.25) is 58.7 Å². The molecular formula is C108H162N18O20. The highest BCUT2D eigenvalue weighted by Crippen LogP contribution is 2.67. The second-order valence-electron chi connectivity index (χ2n) is 49.0. The summed E-state index contributed by atoms with van der Waals surface area (Å²) in [6.45, 7) is 60.7. The number of ketones is 3. The number of unbranched alkanes of at least 4 members (excludes halogenated alkanes) is 1. The number of imide groups is 2. The monoisotopic (exact) mass is 2030 g/mol. The van der Waals surface area contributed by atoms with Gasteiger partial charge in [0.15, 0.2) is 0 Å². The fourth-order valence-corrected chi connectivity index (χ4v) is 21.3. The molecule has 4 saturated heterocycles. The Kier molecular flexibility index (Phi) is 36.6. The number of amides is 20. The number of Topliss-reactive ketones (excluding diaryl/α,β-unsaturated/α-hetero) is 3. The summed E-state index contributed by atoms with van der Waals surface area (Å²) >= 11 is 0. The minimum absolute atomic E-state index is 0.0350. The summed E-state index contributed by atoms with van der Waals surface area (Å²) in [5.74, 6) is -9.95. The van der Waals surface area contributed by atoms with Crippen LogP contribution in [-0.4, -0.2) is 279 Å². The van der Waals surface area contributed by atoms with E-state index in [9.17, 15) is 95.9 Å². The Morgan fingerprint density at radius 3 is 0.918 bits per heavy atom. The van der Waals surface area contributed by atoms with Gasteiger partial charge in [-0.25, -0.2) is 14.4 Å². The van der Waals surface area contributed by atoms with E-state index in [-0.39, 0.29) is 121 Å². The third kappa shape index (κ3) is 26.4. The number of piperidine rings is 3.